The minimum Gasteiger partial charge on any atom is -0.361 e. The first kappa shape index (κ1) is 18.0. The highest BCUT2D eigenvalue weighted by atomic mass is 35.5. The Hall–Kier alpha value is -2.34. The van der Waals surface area contributed by atoms with E-state index >= 15 is 0 Å². The molecule has 2 aromatic carbocycles. The van der Waals surface area contributed by atoms with Crippen molar-refractivity contribution in [1.82, 2.24) is 4.98 Å². The number of fused-ring (bicyclic) bond motifs is 1. The Kier molecular flexibility index (Phi) is 4.91. The first-order valence-corrected chi connectivity index (χ1v) is 9.50. The summed E-state index contributed by atoms with van der Waals surface area (Å²) in [6, 6.07) is 12.4. The van der Waals surface area contributed by atoms with Gasteiger partial charge < -0.3 is 10.3 Å². The fourth-order valence-electron chi connectivity index (χ4n) is 3.56. The Morgan fingerprint density at radius 3 is 2.63 bits per heavy atom. The molecule has 0 unspecified atom stereocenters. The third-order valence-corrected chi connectivity index (χ3v) is 5.26. The summed E-state index contributed by atoms with van der Waals surface area (Å²) >= 11 is 12.0. The molecule has 1 atom stereocenters. The molecule has 4 rings (SSSR count). The lowest BCUT2D eigenvalue weighted by atomic mass is 10.1. The Bertz CT molecular complexity index is 1010. The van der Waals surface area contributed by atoms with Crippen molar-refractivity contribution in [3.8, 4) is 0 Å². The third-order valence-electron chi connectivity index (χ3n) is 4.83. The van der Waals surface area contributed by atoms with Gasteiger partial charge >= 0.3 is 0 Å². The lowest BCUT2D eigenvalue weighted by Crippen LogP contribution is -2.92. The van der Waals surface area contributed by atoms with Crippen LogP contribution in [0.1, 0.15) is 12.0 Å². The number of nitrogens with one attached hydrogen (secondary N) is 1. The first-order chi connectivity index (χ1) is 13.0. The summed E-state index contributed by atoms with van der Waals surface area (Å²) in [4.78, 5) is 29.5. The minimum atomic E-state index is -0.416. The number of amides is 2. The van der Waals surface area contributed by atoms with Crippen LogP contribution in [0.2, 0.25) is 10.0 Å². The van der Waals surface area contributed by atoms with Gasteiger partial charge in [-0.25, -0.2) is 4.90 Å². The monoisotopic (exact) mass is 402 g/mol. The molecule has 0 bridgehead atoms. The van der Waals surface area contributed by atoms with Crippen LogP contribution in [0.25, 0.3) is 10.9 Å². The molecule has 138 valence electrons. The Morgan fingerprint density at radius 2 is 1.85 bits per heavy atom. The van der Waals surface area contributed by atoms with Crippen LogP contribution in [0.15, 0.2) is 48.7 Å². The zero-order valence-corrected chi connectivity index (χ0v) is 15.9. The molecule has 0 saturated carbocycles. The molecule has 0 radical (unpaired) electrons. The van der Waals surface area contributed by atoms with Crippen LogP contribution in [0.4, 0.5) is 5.69 Å². The molecule has 0 spiro atoms. The van der Waals surface area contributed by atoms with E-state index < -0.39 is 6.04 Å². The maximum atomic E-state index is 12.7. The van der Waals surface area contributed by atoms with E-state index in [2.05, 4.69) is 11.1 Å². The maximum absolute atomic E-state index is 12.7. The second-order valence-corrected chi connectivity index (χ2v) is 7.51. The molecule has 3 N–H and O–H groups in total. The minimum absolute atomic E-state index is 0.177. The van der Waals surface area contributed by atoms with Gasteiger partial charge in [0.2, 0.25) is 5.91 Å². The number of aromatic amines is 1. The highest BCUT2D eigenvalue weighted by Crippen LogP contribution is 2.28. The molecule has 2 heterocycles. The number of nitrogens with zero attached hydrogens (tertiary/aromatic N) is 1. The summed E-state index contributed by atoms with van der Waals surface area (Å²) in [5.74, 6) is -0.455. The zero-order chi connectivity index (χ0) is 19.0. The van der Waals surface area contributed by atoms with Gasteiger partial charge in [0.05, 0.1) is 18.7 Å². The van der Waals surface area contributed by atoms with E-state index in [4.69, 9.17) is 23.2 Å². The smallest absolute Gasteiger partial charge is 0.292 e. The average Bonchev–Trinajstić information content (AvgIpc) is 3.15. The van der Waals surface area contributed by atoms with Gasteiger partial charge in [0.25, 0.3) is 5.91 Å². The van der Waals surface area contributed by atoms with Crippen LogP contribution in [0.3, 0.4) is 0 Å². The molecule has 2 amide bonds. The standard InChI is InChI=1S/C20H17Cl2N3O2/c21-13-7-14(22)9-15(8-13)25-19(26)10-18(20(25)27)23-6-5-12-11-24-17-4-2-1-3-16(12)17/h1-4,7-9,11,18,23-24H,5-6,10H2/p+1/t18-/m1/s1. The SMILES string of the molecule is O=C1C[C@@H]([NH2+]CCc2c[nH]c3ccccc23)C(=O)N1c1cc(Cl)cc(Cl)c1. The molecular formula is C20H18Cl2N3O2+. The number of hydrogen-bond donors (Lipinski definition) is 2. The number of nitrogens with two attached hydrogens (primary N) is 1. The Morgan fingerprint density at radius 1 is 1.11 bits per heavy atom. The van der Waals surface area contributed by atoms with Crippen molar-refractivity contribution in [2.75, 3.05) is 11.4 Å². The number of quaternary nitrogens is 1. The number of rotatable bonds is 5. The average molecular weight is 403 g/mol. The summed E-state index contributed by atoms with van der Waals surface area (Å²) in [7, 11) is 0. The number of anilines is 1. The van der Waals surface area contributed by atoms with Crippen molar-refractivity contribution in [2.45, 2.75) is 18.9 Å². The van der Waals surface area contributed by atoms with E-state index in [-0.39, 0.29) is 18.2 Å². The Labute approximate surface area is 166 Å². The molecule has 27 heavy (non-hydrogen) atoms. The maximum Gasteiger partial charge on any atom is 0.292 e. The van der Waals surface area contributed by atoms with Gasteiger partial charge in [0.1, 0.15) is 0 Å². The van der Waals surface area contributed by atoms with E-state index in [1.54, 1.807) is 18.2 Å². The lowest BCUT2D eigenvalue weighted by molar-refractivity contribution is -0.674. The summed E-state index contributed by atoms with van der Waals surface area (Å²) in [6.07, 6.45) is 2.99. The topological polar surface area (TPSA) is 69.8 Å². The van der Waals surface area contributed by atoms with E-state index in [1.807, 2.05) is 29.7 Å². The van der Waals surface area contributed by atoms with Crippen molar-refractivity contribution in [2.24, 2.45) is 0 Å². The number of imide groups is 1. The fourth-order valence-corrected chi connectivity index (χ4v) is 4.07. The van der Waals surface area contributed by atoms with Gasteiger partial charge in [0.15, 0.2) is 6.04 Å². The van der Waals surface area contributed by atoms with Crippen LogP contribution in [-0.4, -0.2) is 29.4 Å². The molecule has 7 heteroatoms. The van der Waals surface area contributed by atoms with Gasteiger partial charge in [-0.2, -0.15) is 0 Å². The molecule has 0 aliphatic carbocycles. The number of carbonyl (C=O) groups excluding carboxylic acids is 2. The van der Waals surface area contributed by atoms with E-state index in [9.17, 15) is 9.59 Å². The summed E-state index contributed by atoms with van der Waals surface area (Å²) < 4.78 is 0. The predicted molar refractivity (Wildman–Crippen MR) is 106 cm³/mol. The van der Waals surface area contributed by atoms with Gasteiger partial charge in [0, 0.05) is 33.6 Å². The zero-order valence-electron chi connectivity index (χ0n) is 14.4. The molecule has 1 aliphatic heterocycles. The lowest BCUT2D eigenvalue weighted by Gasteiger charge is -2.15. The highest BCUT2D eigenvalue weighted by Gasteiger charge is 2.42. The van der Waals surface area contributed by atoms with Crippen LogP contribution in [-0.2, 0) is 16.0 Å². The number of aromatic nitrogens is 1. The van der Waals surface area contributed by atoms with Gasteiger partial charge in [-0.05, 0) is 29.8 Å². The van der Waals surface area contributed by atoms with Crippen LogP contribution >= 0.6 is 23.2 Å². The predicted octanol–water partition coefficient (Wildman–Crippen LogP) is 2.91. The van der Waals surface area contributed by atoms with Crippen molar-refractivity contribution in [3.63, 3.8) is 0 Å². The van der Waals surface area contributed by atoms with E-state index in [0.29, 0.717) is 15.7 Å². The number of H-pyrrole nitrogens is 1. The molecule has 3 aromatic rings. The molecular weight excluding hydrogens is 385 g/mol. The molecule has 1 aromatic heterocycles. The van der Waals surface area contributed by atoms with Crippen molar-refractivity contribution >= 4 is 51.6 Å². The molecule has 1 saturated heterocycles. The second kappa shape index (κ2) is 7.35. The first-order valence-electron chi connectivity index (χ1n) is 8.74. The fraction of sp³-hybridized carbons (Fsp3) is 0.200. The highest BCUT2D eigenvalue weighted by molar-refractivity contribution is 6.35. The van der Waals surface area contributed by atoms with Crippen molar-refractivity contribution in [3.05, 3.63) is 64.3 Å². The van der Waals surface area contributed by atoms with Crippen LogP contribution < -0.4 is 10.2 Å². The van der Waals surface area contributed by atoms with Gasteiger partial charge in [-0.3, -0.25) is 9.59 Å². The summed E-state index contributed by atoms with van der Waals surface area (Å²) in [5, 5.41) is 3.92. The van der Waals surface area contributed by atoms with Gasteiger partial charge in [-0.1, -0.05) is 41.4 Å². The van der Waals surface area contributed by atoms with E-state index in [0.717, 1.165) is 18.5 Å². The summed E-state index contributed by atoms with van der Waals surface area (Å²) in [5.41, 5.74) is 2.73. The number of carbonyl (C=O) groups is 2. The third kappa shape index (κ3) is 3.58. The molecule has 5 nitrogen and oxygen atoms in total. The summed E-state index contributed by atoms with van der Waals surface area (Å²) in [6.45, 7) is 0.718. The van der Waals surface area contributed by atoms with Gasteiger partial charge in [-0.15, -0.1) is 0 Å². The second-order valence-electron chi connectivity index (χ2n) is 6.64. The Balaban J connectivity index is 1.43. The number of para-hydroxylation sites is 1. The van der Waals surface area contributed by atoms with Crippen molar-refractivity contribution < 1.29 is 14.9 Å². The van der Waals surface area contributed by atoms with Crippen LogP contribution in [0, 0.1) is 0 Å². The van der Waals surface area contributed by atoms with E-state index in [1.165, 1.54) is 15.8 Å². The van der Waals surface area contributed by atoms with Crippen LogP contribution in [0.5, 0.6) is 0 Å². The normalized spacial score (nSPS) is 17.3. The quantitative estimate of drug-likeness (QED) is 0.644. The molecule has 1 aliphatic rings. The number of benzene rings is 2. The van der Waals surface area contributed by atoms with Crippen molar-refractivity contribution in [1.29, 1.82) is 0 Å². The largest absolute Gasteiger partial charge is 0.361 e. The number of hydrogen-bond acceptors (Lipinski definition) is 2. The number of halogens is 2. The molecule has 1 fully saturated rings.